The van der Waals surface area contributed by atoms with Crippen LogP contribution in [0.4, 0.5) is 10.1 Å². The van der Waals surface area contributed by atoms with E-state index < -0.39 is 22.1 Å². The normalized spacial score (nSPS) is 13.2. The van der Waals surface area contributed by atoms with E-state index in [-0.39, 0.29) is 22.6 Å². The number of nitrogens with one attached hydrogen (secondary N) is 1. The average Bonchev–Trinajstić information content (AvgIpc) is 2.48. The lowest BCUT2D eigenvalue weighted by atomic mass is 9.95. The van der Waals surface area contributed by atoms with Gasteiger partial charge in [0.1, 0.15) is 16.7 Å². The van der Waals surface area contributed by atoms with Gasteiger partial charge in [0.15, 0.2) is 0 Å². The molecule has 0 saturated carbocycles. The summed E-state index contributed by atoms with van der Waals surface area (Å²) in [6, 6.07) is 2.62. The summed E-state index contributed by atoms with van der Waals surface area (Å²) in [6.45, 7) is 12.6. The van der Waals surface area contributed by atoms with E-state index in [4.69, 9.17) is 16.3 Å². The Morgan fingerprint density at radius 3 is 2.30 bits per heavy atom. The highest BCUT2D eigenvalue weighted by atomic mass is 35.5. The number of thioether (sulfide) groups is 1. The van der Waals surface area contributed by atoms with Crippen LogP contribution in [0.2, 0.25) is 5.02 Å². The van der Waals surface area contributed by atoms with Crippen LogP contribution in [0.5, 0.6) is 0 Å². The molecule has 1 aromatic rings. The molecular formula is C20H29ClFNO3S. The second kappa shape index (κ2) is 9.28. The SMILES string of the molecule is CCCC(Sc1cc(NC(=O)C(C)(C)C)c(F)cc1Cl)C(=O)OC(C)(C)C. The third-order valence-corrected chi connectivity index (χ3v) is 5.17. The molecule has 1 rings (SSSR count). The molecular weight excluding hydrogens is 389 g/mol. The van der Waals surface area contributed by atoms with Crippen molar-refractivity contribution in [2.24, 2.45) is 5.41 Å². The summed E-state index contributed by atoms with van der Waals surface area (Å²) in [5.74, 6) is -1.27. The average molecular weight is 418 g/mol. The number of anilines is 1. The van der Waals surface area contributed by atoms with E-state index in [1.54, 1.807) is 20.8 Å². The van der Waals surface area contributed by atoms with Crippen LogP contribution < -0.4 is 5.32 Å². The Labute approximate surface area is 170 Å². The van der Waals surface area contributed by atoms with Gasteiger partial charge in [0.25, 0.3) is 0 Å². The van der Waals surface area contributed by atoms with Gasteiger partial charge in [-0.3, -0.25) is 9.59 Å². The fourth-order valence-electron chi connectivity index (χ4n) is 2.03. The van der Waals surface area contributed by atoms with Crippen molar-refractivity contribution in [3.8, 4) is 0 Å². The first kappa shape index (κ1) is 23.8. The molecule has 0 fully saturated rings. The summed E-state index contributed by atoms with van der Waals surface area (Å²) in [6.07, 6.45) is 1.38. The van der Waals surface area contributed by atoms with E-state index in [1.807, 2.05) is 27.7 Å². The van der Waals surface area contributed by atoms with Crippen molar-refractivity contribution in [2.45, 2.75) is 77.1 Å². The van der Waals surface area contributed by atoms with Crippen molar-refractivity contribution in [3.05, 3.63) is 23.0 Å². The largest absolute Gasteiger partial charge is 0.459 e. The maximum absolute atomic E-state index is 14.2. The Morgan fingerprint density at radius 2 is 1.81 bits per heavy atom. The Balaban J connectivity index is 3.11. The molecule has 4 nitrogen and oxygen atoms in total. The highest BCUT2D eigenvalue weighted by molar-refractivity contribution is 8.00. The molecule has 0 saturated heterocycles. The monoisotopic (exact) mass is 417 g/mol. The van der Waals surface area contributed by atoms with Gasteiger partial charge in [-0.15, -0.1) is 11.8 Å². The molecule has 1 aromatic carbocycles. The van der Waals surface area contributed by atoms with Gasteiger partial charge in [0, 0.05) is 10.3 Å². The van der Waals surface area contributed by atoms with Gasteiger partial charge in [0.05, 0.1) is 10.7 Å². The van der Waals surface area contributed by atoms with Crippen molar-refractivity contribution in [2.75, 3.05) is 5.32 Å². The van der Waals surface area contributed by atoms with Crippen LogP contribution >= 0.6 is 23.4 Å². The maximum Gasteiger partial charge on any atom is 0.319 e. The number of esters is 1. The predicted molar refractivity (Wildman–Crippen MR) is 110 cm³/mol. The van der Waals surface area contributed by atoms with Gasteiger partial charge in [0.2, 0.25) is 5.91 Å². The van der Waals surface area contributed by atoms with Gasteiger partial charge in [-0.25, -0.2) is 4.39 Å². The van der Waals surface area contributed by atoms with Crippen LogP contribution in [0.1, 0.15) is 61.3 Å². The lowest BCUT2D eigenvalue weighted by molar-refractivity contribution is -0.154. The van der Waals surface area contributed by atoms with Gasteiger partial charge in [-0.2, -0.15) is 0 Å². The topological polar surface area (TPSA) is 55.4 Å². The number of benzene rings is 1. The minimum absolute atomic E-state index is 0.0428. The number of ether oxygens (including phenoxy) is 1. The molecule has 1 atom stereocenters. The van der Waals surface area contributed by atoms with E-state index in [2.05, 4.69) is 5.32 Å². The molecule has 1 amide bonds. The molecule has 1 unspecified atom stereocenters. The predicted octanol–water partition coefficient (Wildman–Crippen LogP) is 6.07. The lowest BCUT2D eigenvalue weighted by Gasteiger charge is -2.24. The number of hydrogen-bond acceptors (Lipinski definition) is 4. The van der Waals surface area contributed by atoms with Crippen LogP contribution in [0.3, 0.4) is 0 Å². The summed E-state index contributed by atoms with van der Waals surface area (Å²) < 4.78 is 19.7. The molecule has 0 bridgehead atoms. The van der Waals surface area contributed by atoms with Crippen LogP contribution in [-0.4, -0.2) is 22.7 Å². The molecule has 0 spiro atoms. The van der Waals surface area contributed by atoms with Gasteiger partial charge in [-0.1, -0.05) is 45.7 Å². The number of carbonyl (C=O) groups excluding carboxylic acids is 2. The van der Waals surface area contributed by atoms with E-state index >= 15 is 0 Å². The standard InChI is InChI=1S/C20H29ClFNO3S/c1-8-9-15(17(24)26-20(5,6)7)27-16-11-14(13(22)10-12(16)21)23-18(25)19(2,3)4/h10-11,15H,8-9H2,1-7H3,(H,23,25). The summed E-state index contributed by atoms with van der Waals surface area (Å²) >= 11 is 7.41. The van der Waals surface area contributed by atoms with E-state index in [9.17, 15) is 14.0 Å². The Hall–Kier alpha value is -1.27. The van der Waals surface area contributed by atoms with Crippen LogP contribution in [0.25, 0.3) is 0 Å². The Bertz CT molecular complexity index is 696. The first-order valence-corrected chi connectivity index (χ1v) is 10.2. The Morgan fingerprint density at radius 1 is 1.22 bits per heavy atom. The summed E-state index contributed by atoms with van der Waals surface area (Å²) in [7, 11) is 0. The van der Waals surface area contributed by atoms with Gasteiger partial charge < -0.3 is 10.1 Å². The molecule has 0 aliphatic rings. The van der Waals surface area contributed by atoms with Crippen molar-refractivity contribution in [3.63, 3.8) is 0 Å². The number of rotatable bonds is 6. The van der Waals surface area contributed by atoms with Crippen molar-refractivity contribution in [1.29, 1.82) is 0 Å². The van der Waals surface area contributed by atoms with Crippen LogP contribution in [-0.2, 0) is 14.3 Å². The number of amides is 1. The highest BCUT2D eigenvalue weighted by Gasteiger charge is 2.27. The first-order chi connectivity index (χ1) is 12.2. The van der Waals surface area contributed by atoms with Gasteiger partial charge in [-0.05, 0) is 39.3 Å². The third-order valence-electron chi connectivity index (χ3n) is 3.44. The van der Waals surface area contributed by atoms with Crippen LogP contribution in [0, 0.1) is 11.2 Å². The van der Waals surface area contributed by atoms with Gasteiger partial charge >= 0.3 is 5.97 Å². The number of hydrogen-bond donors (Lipinski definition) is 1. The van der Waals surface area contributed by atoms with Crippen molar-refractivity contribution >= 4 is 40.9 Å². The first-order valence-electron chi connectivity index (χ1n) is 8.94. The molecule has 1 N–H and O–H groups in total. The fourth-order valence-corrected chi connectivity index (χ4v) is 3.48. The summed E-state index contributed by atoms with van der Waals surface area (Å²) in [4.78, 5) is 25.2. The molecule has 27 heavy (non-hydrogen) atoms. The zero-order valence-electron chi connectivity index (χ0n) is 17.0. The van der Waals surface area contributed by atoms with E-state index in [0.29, 0.717) is 11.3 Å². The molecule has 0 aliphatic carbocycles. The highest BCUT2D eigenvalue weighted by Crippen LogP contribution is 2.37. The zero-order valence-corrected chi connectivity index (χ0v) is 18.6. The maximum atomic E-state index is 14.2. The molecule has 0 aliphatic heterocycles. The Kier molecular flexibility index (Phi) is 8.17. The molecule has 0 heterocycles. The van der Waals surface area contributed by atoms with Crippen LogP contribution in [0.15, 0.2) is 17.0 Å². The van der Waals surface area contributed by atoms with E-state index in [0.717, 1.165) is 12.5 Å². The fraction of sp³-hybridized carbons (Fsp3) is 0.600. The van der Waals surface area contributed by atoms with Crippen molar-refractivity contribution < 1.29 is 18.7 Å². The summed E-state index contributed by atoms with van der Waals surface area (Å²) in [5, 5.41) is 2.31. The smallest absolute Gasteiger partial charge is 0.319 e. The number of carbonyl (C=O) groups is 2. The summed E-state index contributed by atoms with van der Waals surface area (Å²) in [5.41, 5.74) is -1.22. The minimum Gasteiger partial charge on any atom is -0.459 e. The quantitative estimate of drug-likeness (QED) is 0.451. The van der Waals surface area contributed by atoms with Crippen molar-refractivity contribution in [1.82, 2.24) is 0 Å². The third kappa shape index (κ3) is 7.70. The second-order valence-corrected chi connectivity index (χ2v) is 10.0. The number of halogens is 2. The lowest BCUT2D eigenvalue weighted by Crippen LogP contribution is -2.30. The second-order valence-electron chi connectivity index (χ2n) is 8.40. The molecule has 7 heteroatoms. The zero-order chi connectivity index (χ0) is 21.0. The molecule has 0 radical (unpaired) electrons. The molecule has 152 valence electrons. The van der Waals surface area contributed by atoms with E-state index in [1.165, 1.54) is 17.8 Å². The molecule has 0 aromatic heterocycles. The minimum atomic E-state index is -0.666.